The highest BCUT2D eigenvalue weighted by Crippen LogP contribution is 2.38. The van der Waals surface area contributed by atoms with E-state index >= 15 is 0 Å². The van der Waals surface area contributed by atoms with Crippen LogP contribution in [-0.4, -0.2) is 43.0 Å². The molecule has 3 heteroatoms. The molecule has 1 aliphatic heterocycles. The number of ether oxygens (including phenoxy) is 1. The molecule has 0 bridgehead atoms. The number of morpholine rings is 1. The number of carbonyl (C=O) groups excluding carboxylic acids is 1. The fourth-order valence-corrected chi connectivity index (χ4v) is 3.51. The maximum Gasteiger partial charge on any atom is 0.127 e. The minimum atomic E-state index is -0.0801. The number of rotatable bonds is 3. The molecule has 0 aromatic rings. The summed E-state index contributed by atoms with van der Waals surface area (Å²) in [5.41, 5.74) is -0.0801. The van der Waals surface area contributed by atoms with Crippen LogP contribution in [0.4, 0.5) is 0 Å². The van der Waals surface area contributed by atoms with Crippen molar-refractivity contribution in [1.29, 1.82) is 0 Å². The lowest BCUT2D eigenvalue weighted by molar-refractivity contribution is -0.123. The molecule has 0 aromatic carbocycles. The zero-order valence-corrected chi connectivity index (χ0v) is 12.0. The van der Waals surface area contributed by atoms with Gasteiger partial charge in [-0.05, 0) is 45.4 Å². The fourth-order valence-electron chi connectivity index (χ4n) is 3.51. The SMILES string of the molecule is CC1CCC(C=O)(CN2CC(C)OC(C)C2)CC1. The molecule has 2 unspecified atom stereocenters. The van der Waals surface area contributed by atoms with Gasteiger partial charge in [0.15, 0.2) is 0 Å². The lowest BCUT2D eigenvalue weighted by Crippen LogP contribution is -2.50. The van der Waals surface area contributed by atoms with Crippen molar-refractivity contribution in [2.24, 2.45) is 11.3 Å². The molecule has 0 aromatic heterocycles. The van der Waals surface area contributed by atoms with Gasteiger partial charge in [0, 0.05) is 25.0 Å². The molecule has 1 aliphatic carbocycles. The summed E-state index contributed by atoms with van der Waals surface area (Å²) in [6.45, 7) is 9.41. The maximum atomic E-state index is 11.6. The standard InChI is InChI=1S/C15H27NO2/c1-12-4-6-15(11-17,7-5-12)10-16-8-13(2)18-14(3)9-16/h11-14H,4-10H2,1-3H3. The van der Waals surface area contributed by atoms with Crippen molar-refractivity contribution in [3.8, 4) is 0 Å². The molecule has 1 saturated carbocycles. The van der Waals surface area contributed by atoms with Gasteiger partial charge in [0.05, 0.1) is 12.2 Å². The fraction of sp³-hybridized carbons (Fsp3) is 0.933. The first-order valence-corrected chi connectivity index (χ1v) is 7.37. The second-order valence-corrected chi connectivity index (χ2v) is 6.61. The summed E-state index contributed by atoms with van der Waals surface area (Å²) in [4.78, 5) is 14.0. The highest BCUT2D eigenvalue weighted by Gasteiger charge is 2.37. The molecule has 0 amide bonds. The van der Waals surface area contributed by atoms with Crippen LogP contribution in [0.2, 0.25) is 0 Å². The van der Waals surface area contributed by atoms with E-state index in [1.165, 1.54) is 19.1 Å². The van der Waals surface area contributed by atoms with E-state index in [1.807, 2.05) is 0 Å². The first-order valence-electron chi connectivity index (χ1n) is 7.37. The third kappa shape index (κ3) is 3.33. The number of nitrogens with zero attached hydrogens (tertiary/aromatic N) is 1. The van der Waals surface area contributed by atoms with E-state index in [0.29, 0.717) is 12.2 Å². The maximum absolute atomic E-state index is 11.6. The van der Waals surface area contributed by atoms with Crippen molar-refractivity contribution in [1.82, 2.24) is 4.90 Å². The van der Waals surface area contributed by atoms with Crippen molar-refractivity contribution in [3.05, 3.63) is 0 Å². The van der Waals surface area contributed by atoms with Crippen molar-refractivity contribution in [2.75, 3.05) is 19.6 Å². The van der Waals surface area contributed by atoms with Gasteiger partial charge in [-0.3, -0.25) is 4.90 Å². The number of hydrogen-bond acceptors (Lipinski definition) is 3. The summed E-state index contributed by atoms with van der Waals surface area (Å²) in [7, 11) is 0. The van der Waals surface area contributed by atoms with Crippen LogP contribution in [0.5, 0.6) is 0 Å². The average Bonchev–Trinajstić information content (AvgIpc) is 2.31. The minimum Gasteiger partial charge on any atom is -0.373 e. The van der Waals surface area contributed by atoms with Crippen LogP contribution >= 0.6 is 0 Å². The number of hydrogen-bond donors (Lipinski definition) is 0. The van der Waals surface area contributed by atoms with E-state index in [1.54, 1.807) is 0 Å². The first kappa shape index (κ1) is 14.0. The van der Waals surface area contributed by atoms with Crippen LogP contribution < -0.4 is 0 Å². The van der Waals surface area contributed by atoms with Gasteiger partial charge >= 0.3 is 0 Å². The lowest BCUT2D eigenvalue weighted by atomic mass is 9.71. The predicted octanol–water partition coefficient (Wildman–Crippen LogP) is 2.49. The van der Waals surface area contributed by atoms with Gasteiger partial charge in [-0.2, -0.15) is 0 Å². The molecule has 2 fully saturated rings. The summed E-state index contributed by atoms with van der Waals surface area (Å²) in [5, 5.41) is 0. The van der Waals surface area contributed by atoms with Gasteiger partial charge in [-0.15, -0.1) is 0 Å². The molecule has 3 nitrogen and oxygen atoms in total. The van der Waals surface area contributed by atoms with Gasteiger partial charge in [-0.1, -0.05) is 6.92 Å². The molecule has 104 valence electrons. The highest BCUT2D eigenvalue weighted by molar-refractivity contribution is 5.60. The summed E-state index contributed by atoms with van der Waals surface area (Å²) < 4.78 is 5.76. The Kier molecular flexibility index (Phi) is 4.44. The molecule has 1 saturated heterocycles. The summed E-state index contributed by atoms with van der Waals surface area (Å²) in [6.07, 6.45) is 6.36. The van der Waals surface area contributed by atoms with E-state index in [2.05, 4.69) is 25.7 Å². The average molecular weight is 253 g/mol. The van der Waals surface area contributed by atoms with Gasteiger partial charge in [0.1, 0.15) is 6.29 Å². The Hall–Kier alpha value is -0.410. The molecule has 18 heavy (non-hydrogen) atoms. The highest BCUT2D eigenvalue weighted by atomic mass is 16.5. The zero-order chi connectivity index (χ0) is 13.2. The smallest absolute Gasteiger partial charge is 0.127 e. The van der Waals surface area contributed by atoms with E-state index in [9.17, 15) is 4.79 Å². The minimum absolute atomic E-state index is 0.0801. The monoisotopic (exact) mass is 253 g/mol. The molecule has 2 aliphatic rings. The summed E-state index contributed by atoms with van der Waals surface area (Å²) in [6, 6.07) is 0. The Labute approximate surface area is 111 Å². The third-order valence-electron chi connectivity index (χ3n) is 4.55. The number of aldehydes is 1. The van der Waals surface area contributed by atoms with Gasteiger partial charge in [0.25, 0.3) is 0 Å². The topological polar surface area (TPSA) is 29.5 Å². The Morgan fingerprint density at radius 2 is 1.72 bits per heavy atom. The summed E-state index contributed by atoms with van der Waals surface area (Å²) in [5.74, 6) is 0.792. The molecule has 2 rings (SSSR count). The predicted molar refractivity (Wildman–Crippen MR) is 72.6 cm³/mol. The van der Waals surface area contributed by atoms with Gasteiger partial charge < -0.3 is 9.53 Å². The Bertz CT molecular complexity index is 274. The van der Waals surface area contributed by atoms with Gasteiger partial charge in [0.2, 0.25) is 0 Å². The van der Waals surface area contributed by atoms with Crippen LogP contribution in [-0.2, 0) is 9.53 Å². The second kappa shape index (κ2) is 5.70. The van der Waals surface area contributed by atoms with E-state index < -0.39 is 0 Å². The zero-order valence-electron chi connectivity index (χ0n) is 12.0. The quantitative estimate of drug-likeness (QED) is 0.724. The Morgan fingerprint density at radius 1 is 1.17 bits per heavy atom. The molecule has 0 spiro atoms. The van der Waals surface area contributed by atoms with Crippen LogP contribution in [0.1, 0.15) is 46.5 Å². The van der Waals surface area contributed by atoms with E-state index in [4.69, 9.17) is 4.74 Å². The largest absolute Gasteiger partial charge is 0.373 e. The summed E-state index contributed by atoms with van der Waals surface area (Å²) >= 11 is 0. The van der Waals surface area contributed by atoms with Crippen LogP contribution in [0.25, 0.3) is 0 Å². The third-order valence-corrected chi connectivity index (χ3v) is 4.55. The molecular weight excluding hydrogens is 226 g/mol. The first-order chi connectivity index (χ1) is 8.53. The Balaban J connectivity index is 1.95. The van der Waals surface area contributed by atoms with Crippen molar-refractivity contribution >= 4 is 6.29 Å². The van der Waals surface area contributed by atoms with Crippen molar-refractivity contribution < 1.29 is 9.53 Å². The van der Waals surface area contributed by atoms with Crippen LogP contribution in [0.3, 0.4) is 0 Å². The van der Waals surface area contributed by atoms with Crippen molar-refractivity contribution in [2.45, 2.75) is 58.7 Å². The normalized spacial score (nSPS) is 42.7. The van der Waals surface area contributed by atoms with E-state index in [-0.39, 0.29) is 5.41 Å². The second-order valence-electron chi connectivity index (χ2n) is 6.61. The molecule has 1 heterocycles. The molecule has 0 N–H and O–H groups in total. The lowest BCUT2D eigenvalue weighted by Gasteiger charge is -2.42. The van der Waals surface area contributed by atoms with Crippen molar-refractivity contribution in [3.63, 3.8) is 0 Å². The van der Waals surface area contributed by atoms with Gasteiger partial charge in [-0.25, -0.2) is 0 Å². The number of carbonyl (C=O) groups is 1. The molecule has 0 radical (unpaired) electrons. The Morgan fingerprint density at radius 3 is 2.22 bits per heavy atom. The van der Waals surface area contributed by atoms with Crippen LogP contribution in [0, 0.1) is 11.3 Å². The van der Waals surface area contributed by atoms with E-state index in [0.717, 1.165) is 38.4 Å². The van der Waals surface area contributed by atoms with Crippen LogP contribution in [0.15, 0.2) is 0 Å². The molecule has 2 atom stereocenters. The molecular formula is C15H27NO2.